The third kappa shape index (κ3) is 3.74. The van der Waals surface area contributed by atoms with E-state index >= 15 is 0 Å². The Morgan fingerprint density at radius 3 is 2.92 bits per heavy atom. The predicted octanol–water partition coefficient (Wildman–Crippen LogP) is 2.82. The normalized spacial score (nSPS) is 31.2. The lowest BCUT2D eigenvalue weighted by Gasteiger charge is -2.30. The Hall–Kier alpha value is 0.0500. The standard InChI is InChI=1S/C11H21NS/c1-4-9(2)12-10-6-5-7-11(8-10)13-3/h4,9-12H,1,5-8H2,2-3H3. The van der Waals surface area contributed by atoms with Gasteiger partial charge in [-0.05, 0) is 32.4 Å². The van der Waals surface area contributed by atoms with Crippen LogP contribution in [0.5, 0.6) is 0 Å². The van der Waals surface area contributed by atoms with E-state index in [1.54, 1.807) is 0 Å². The van der Waals surface area contributed by atoms with Gasteiger partial charge in [0.15, 0.2) is 0 Å². The van der Waals surface area contributed by atoms with Gasteiger partial charge in [-0.3, -0.25) is 0 Å². The monoisotopic (exact) mass is 199 g/mol. The lowest BCUT2D eigenvalue weighted by atomic mass is 9.94. The quantitative estimate of drug-likeness (QED) is 0.699. The molecule has 3 unspecified atom stereocenters. The largest absolute Gasteiger partial charge is 0.308 e. The van der Waals surface area contributed by atoms with E-state index < -0.39 is 0 Å². The summed E-state index contributed by atoms with van der Waals surface area (Å²) in [7, 11) is 0. The summed E-state index contributed by atoms with van der Waals surface area (Å²) in [6.45, 7) is 5.97. The van der Waals surface area contributed by atoms with Gasteiger partial charge in [-0.15, -0.1) is 6.58 Å². The summed E-state index contributed by atoms with van der Waals surface area (Å²) in [6, 6.07) is 1.19. The van der Waals surface area contributed by atoms with Gasteiger partial charge in [0.2, 0.25) is 0 Å². The van der Waals surface area contributed by atoms with E-state index in [1.807, 2.05) is 17.8 Å². The van der Waals surface area contributed by atoms with Crippen molar-refractivity contribution in [1.29, 1.82) is 0 Å². The third-order valence-electron chi connectivity index (χ3n) is 2.81. The highest BCUT2D eigenvalue weighted by atomic mass is 32.2. The Morgan fingerprint density at radius 2 is 2.31 bits per heavy atom. The van der Waals surface area contributed by atoms with Crippen molar-refractivity contribution in [2.45, 2.75) is 49.9 Å². The number of rotatable bonds is 4. The molecule has 0 spiro atoms. The Labute approximate surface area is 86.4 Å². The maximum absolute atomic E-state index is 3.80. The second kappa shape index (κ2) is 5.71. The minimum Gasteiger partial charge on any atom is -0.308 e. The van der Waals surface area contributed by atoms with Crippen LogP contribution >= 0.6 is 11.8 Å². The lowest BCUT2D eigenvalue weighted by Crippen LogP contribution is -2.39. The Balaban J connectivity index is 2.29. The van der Waals surface area contributed by atoms with Gasteiger partial charge in [0.1, 0.15) is 0 Å². The molecule has 0 bridgehead atoms. The van der Waals surface area contributed by atoms with Gasteiger partial charge >= 0.3 is 0 Å². The maximum Gasteiger partial charge on any atom is 0.0221 e. The van der Waals surface area contributed by atoms with Gasteiger partial charge in [-0.25, -0.2) is 0 Å². The van der Waals surface area contributed by atoms with Crippen molar-refractivity contribution < 1.29 is 0 Å². The van der Waals surface area contributed by atoms with E-state index in [0.717, 1.165) is 11.3 Å². The van der Waals surface area contributed by atoms with Crippen LogP contribution in [0.4, 0.5) is 0 Å². The molecule has 0 aromatic carbocycles. The van der Waals surface area contributed by atoms with Gasteiger partial charge in [0, 0.05) is 17.3 Å². The fourth-order valence-electron chi connectivity index (χ4n) is 1.95. The molecule has 0 amide bonds. The first-order valence-corrected chi connectivity index (χ1v) is 6.46. The number of nitrogens with one attached hydrogen (secondary N) is 1. The van der Waals surface area contributed by atoms with Gasteiger partial charge in [0.05, 0.1) is 0 Å². The molecule has 1 aliphatic carbocycles. The third-order valence-corrected chi connectivity index (χ3v) is 3.91. The van der Waals surface area contributed by atoms with Crippen molar-refractivity contribution in [3.63, 3.8) is 0 Å². The summed E-state index contributed by atoms with van der Waals surface area (Å²) < 4.78 is 0. The molecule has 0 radical (unpaired) electrons. The van der Waals surface area contributed by atoms with E-state index in [1.165, 1.54) is 25.7 Å². The zero-order valence-electron chi connectivity index (χ0n) is 8.75. The predicted molar refractivity (Wildman–Crippen MR) is 62.4 cm³/mol. The molecule has 1 aliphatic rings. The van der Waals surface area contributed by atoms with Crippen LogP contribution in [-0.2, 0) is 0 Å². The zero-order valence-corrected chi connectivity index (χ0v) is 9.57. The van der Waals surface area contributed by atoms with Crippen LogP contribution in [0.3, 0.4) is 0 Å². The summed E-state index contributed by atoms with van der Waals surface area (Å²) in [5.74, 6) is 0. The smallest absolute Gasteiger partial charge is 0.0221 e. The molecule has 1 fully saturated rings. The molecule has 0 heterocycles. The number of thioether (sulfide) groups is 1. The zero-order chi connectivity index (χ0) is 9.68. The van der Waals surface area contributed by atoms with Crippen LogP contribution in [0.2, 0.25) is 0 Å². The van der Waals surface area contributed by atoms with Crippen molar-refractivity contribution in [1.82, 2.24) is 5.32 Å². The number of hydrogen-bond acceptors (Lipinski definition) is 2. The SMILES string of the molecule is C=CC(C)NC1CCCC(SC)C1. The van der Waals surface area contributed by atoms with Crippen molar-refractivity contribution in [2.75, 3.05) is 6.26 Å². The highest BCUT2D eigenvalue weighted by Crippen LogP contribution is 2.27. The molecule has 1 N–H and O–H groups in total. The number of hydrogen-bond donors (Lipinski definition) is 1. The van der Waals surface area contributed by atoms with Gasteiger partial charge in [-0.1, -0.05) is 12.5 Å². The molecule has 0 aromatic heterocycles. The molecule has 76 valence electrons. The van der Waals surface area contributed by atoms with Crippen molar-refractivity contribution in [3.8, 4) is 0 Å². The Kier molecular flexibility index (Phi) is 4.89. The molecule has 13 heavy (non-hydrogen) atoms. The van der Waals surface area contributed by atoms with E-state index in [9.17, 15) is 0 Å². The molecule has 1 rings (SSSR count). The molecule has 0 aromatic rings. The van der Waals surface area contributed by atoms with Gasteiger partial charge < -0.3 is 5.32 Å². The molecule has 1 saturated carbocycles. The molecule has 2 heteroatoms. The molecular weight excluding hydrogens is 178 g/mol. The highest BCUT2D eigenvalue weighted by Gasteiger charge is 2.21. The van der Waals surface area contributed by atoms with Crippen LogP contribution in [0.15, 0.2) is 12.7 Å². The first-order valence-electron chi connectivity index (χ1n) is 5.17. The first kappa shape index (κ1) is 11.1. The summed E-state index contributed by atoms with van der Waals surface area (Å²) in [5.41, 5.74) is 0. The molecular formula is C11H21NS. The van der Waals surface area contributed by atoms with Crippen molar-refractivity contribution in [2.24, 2.45) is 0 Å². The highest BCUT2D eigenvalue weighted by molar-refractivity contribution is 7.99. The Morgan fingerprint density at radius 1 is 1.54 bits per heavy atom. The average molecular weight is 199 g/mol. The van der Waals surface area contributed by atoms with E-state index in [-0.39, 0.29) is 0 Å². The summed E-state index contributed by atoms with van der Waals surface area (Å²) in [4.78, 5) is 0. The summed E-state index contributed by atoms with van der Waals surface area (Å²) in [5, 5.41) is 4.48. The Bertz CT molecular complexity index is 158. The summed E-state index contributed by atoms with van der Waals surface area (Å²) >= 11 is 2.02. The minimum atomic E-state index is 0.464. The fourth-order valence-corrected chi connectivity index (χ4v) is 2.78. The maximum atomic E-state index is 3.80. The van der Waals surface area contributed by atoms with Crippen LogP contribution < -0.4 is 5.32 Å². The van der Waals surface area contributed by atoms with Crippen LogP contribution in [-0.4, -0.2) is 23.6 Å². The van der Waals surface area contributed by atoms with Gasteiger partial charge in [0.25, 0.3) is 0 Å². The van der Waals surface area contributed by atoms with E-state index in [2.05, 4.69) is 25.1 Å². The summed E-state index contributed by atoms with van der Waals surface area (Å²) in [6.07, 6.45) is 9.68. The van der Waals surface area contributed by atoms with Crippen LogP contribution in [0.1, 0.15) is 32.6 Å². The van der Waals surface area contributed by atoms with E-state index in [4.69, 9.17) is 0 Å². The molecule has 1 nitrogen and oxygen atoms in total. The average Bonchev–Trinajstić information content (AvgIpc) is 2.18. The second-order valence-electron chi connectivity index (χ2n) is 3.91. The van der Waals surface area contributed by atoms with Gasteiger partial charge in [-0.2, -0.15) is 11.8 Å². The van der Waals surface area contributed by atoms with Crippen LogP contribution in [0.25, 0.3) is 0 Å². The lowest BCUT2D eigenvalue weighted by molar-refractivity contribution is 0.369. The molecule has 0 aliphatic heterocycles. The van der Waals surface area contributed by atoms with Crippen LogP contribution in [0, 0.1) is 0 Å². The minimum absolute atomic E-state index is 0.464. The fraction of sp³-hybridized carbons (Fsp3) is 0.818. The van der Waals surface area contributed by atoms with Crippen molar-refractivity contribution >= 4 is 11.8 Å². The molecule has 3 atom stereocenters. The second-order valence-corrected chi connectivity index (χ2v) is 5.05. The van der Waals surface area contributed by atoms with Crippen molar-refractivity contribution in [3.05, 3.63) is 12.7 Å². The molecule has 0 saturated heterocycles. The topological polar surface area (TPSA) is 12.0 Å². The van der Waals surface area contributed by atoms with E-state index in [0.29, 0.717) is 6.04 Å². The first-order chi connectivity index (χ1) is 6.26.